The Hall–Kier alpha value is -2.67. The summed E-state index contributed by atoms with van der Waals surface area (Å²) >= 11 is 0. The van der Waals surface area contributed by atoms with Crippen molar-refractivity contribution in [2.45, 2.75) is 18.9 Å². The minimum absolute atomic E-state index is 0.120. The number of nitrogens with zero attached hydrogens (tertiary/aromatic N) is 3. The highest BCUT2D eigenvalue weighted by Gasteiger charge is 2.25. The maximum Gasteiger partial charge on any atom is 0.256 e. The van der Waals surface area contributed by atoms with Gasteiger partial charge in [0.25, 0.3) is 5.89 Å². The summed E-state index contributed by atoms with van der Waals surface area (Å²) in [5.41, 5.74) is 1.48. The second-order valence-corrected chi connectivity index (χ2v) is 5.56. The Morgan fingerprint density at radius 1 is 1.12 bits per heavy atom. The minimum Gasteiger partial charge on any atom is -0.497 e. The number of pyridine rings is 1. The first-order valence-electron chi connectivity index (χ1n) is 7.77. The summed E-state index contributed by atoms with van der Waals surface area (Å²) in [7, 11) is 3.20. The van der Waals surface area contributed by atoms with Crippen LogP contribution in [0, 0.1) is 0 Å². The molecule has 0 radical (unpaired) electrons. The van der Waals surface area contributed by atoms with Gasteiger partial charge in [0.1, 0.15) is 11.9 Å². The molecule has 0 amide bonds. The van der Waals surface area contributed by atoms with Gasteiger partial charge in [-0.15, -0.1) is 0 Å². The van der Waals surface area contributed by atoms with Crippen LogP contribution in [0.25, 0.3) is 22.3 Å². The highest BCUT2D eigenvalue weighted by Crippen LogP contribution is 2.33. The van der Waals surface area contributed by atoms with Gasteiger partial charge >= 0.3 is 0 Å². The van der Waals surface area contributed by atoms with Gasteiger partial charge in [-0.1, -0.05) is 5.16 Å². The first-order chi connectivity index (χ1) is 11.8. The number of fused-ring (bicyclic) bond motifs is 1. The van der Waals surface area contributed by atoms with Gasteiger partial charge in [-0.2, -0.15) is 4.98 Å². The molecule has 1 atom stereocenters. The van der Waals surface area contributed by atoms with E-state index in [1.165, 1.54) is 0 Å². The second-order valence-electron chi connectivity index (χ2n) is 5.56. The molecule has 7 nitrogen and oxygen atoms in total. The normalized spacial score (nSPS) is 17.3. The lowest BCUT2D eigenvalue weighted by molar-refractivity contribution is 0.0835. The molecule has 0 N–H and O–H groups in total. The van der Waals surface area contributed by atoms with Crippen molar-refractivity contribution in [3.05, 3.63) is 30.2 Å². The number of ether oxygens (including phenoxy) is 3. The lowest BCUT2D eigenvalue weighted by atomic mass is 10.1. The van der Waals surface area contributed by atoms with Crippen LogP contribution in [0.15, 0.2) is 28.8 Å². The third-order valence-corrected chi connectivity index (χ3v) is 4.07. The van der Waals surface area contributed by atoms with Crippen molar-refractivity contribution < 1.29 is 18.7 Å². The topological polar surface area (TPSA) is 79.5 Å². The van der Waals surface area contributed by atoms with Gasteiger partial charge in [-0.3, -0.25) is 0 Å². The van der Waals surface area contributed by atoms with E-state index < -0.39 is 0 Å². The highest BCUT2D eigenvalue weighted by molar-refractivity contribution is 5.86. The summed E-state index contributed by atoms with van der Waals surface area (Å²) < 4.78 is 21.6. The summed E-state index contributed by atoms with van der Waals surface area (Å²) in [6.07, 6.45) is 1.78. The zero-order valence-corrected chi connectivity index (χ0v) is 13.5. The Balaban J connectivity index is 1.79. The van der Waals surface area contributed by atoms with Crippen molar-refractivity contribution in [3.8, 4) is 23.0 Å². The maximum atomic E-state index is 5.59. The van der Waals surface area contributed by atoms with Gasteiger partial charge in [0.15, 0.2) is 0 Å². The van der Waals surface area contributed by atoms with Crippen LogP contribution >= 0.6 is 0 Å². The van der Waals surface area contributed by atoms with Crippen LogP contribution < -0.4 is 9.47 Å². The zero-order chi connectivity index (χ0) is 16.5. The molecule has 2 aromatic heterocycles. The molecule has 7 heteroatoms. The van der Waals surface area contributed by atoms with Gasteiger partial charge < -0.3 is 18.7 Å². The van der Waals surface area contributed by atoms with E-state index in [9.17, 15) is 0 Å². The quantitative estimate of drug-likeness (QED) is 0.728. The third-order valence-electron chi connectivity index (χ3n) is 4.07. The molecule has 0 saturated carbocycles. The van der Waals surface area contributed by atoms with Gasteiger partial charge in [0, 0.05) is 12.0 Å². The predicted molar refractivity (Wildman–Crippen MR) is 86.1 cm³/mol. The van der Waals surface area contributed by atoms with E-state index in [4.69, 9.17) is 18.7 Å². The van der Waals surface area contributed by atoms with Crippen molar-refractivity contribution in [2.24, 2.45) is 0 Å². The van der Waals surface area contributed by atoms with Crippen molar-refractivity contribution in [3.63, 3.8) is 0 Å². The van der Waals surface area contributed by atoms with Crippen LogP contribution in [-0.4, -0.2) is 36.0 Å². The minimum atomic E-state index is -0.120. The molecule has 1 fully saturated rings. The average Bonchev–Trinajstić information content (AvgIpc) is 3.31. The average molecular weight is 327 g/mol. The fourth-order valence-corrected chi connectivity index (χ4v) is 2.83. The molecular formula is C17H17N3O4. The number of aromatic nitrogens is 3. The standard InChI is InChI=1S/C17H17N3O4/c1-21-11-5-6-13-10(8-11)9-12(16(18-13)22-2)15-19-17(24-20-15)14-4-3-7-23-14/h5-6,8-9,14H,3-4,7H2,1-2H3. The summed E-state index contributed by atoms with van der Waals surface area (Å²) in [5.74, 6) is 2.14. The number of benzene rings is 1. The SMILES string of the molecule is COc1ccc2nc(OC)c(-c3noc(C4CCCO4)n3)cc2c1. The van der Waals surface area contributed by atoms with Gasteiger partial charge in [-0.25, -0.2) is 4.98 Å². The van der Waals surface area contributed by atoms with Crippen LogP contribution in [0.4, 0.5) is 0 Å². The van der Waals surface area contributed by atoms with Crippen molar-refractivity contribution in [1.29, 1.82) is 0 Å². The Kier molecular flexibility index (Phi) is 3.78. The number of methoxy groups -OCH3 is 2. The molecule has 1 aliphatic rings. The first kappa shape index (κ1) is 14.9. The fourth-order valence-electron chi connectivity index (χ4n) is 2.83. The van der Waals surface area contributed by atoms with Crippen molar-refractivity contribution >= 4 is 10.9 Å². The van der Waals surface area contributed by atoms with Crippen LogP contribution in [-0.2, 0) is 4.74 Å². The van der Waals surface area contributed by atoms with Gasteiger partial charge in [0.05, 0.1) is 25.3 Å². The number of hydrogen-bond donors (Lipinski definition) is 0. The van der Waals surface area contributed by atoms with E-state index in [1.807, 2.05) is 24.3 Å². The monoisotopic (exact) mass is 327 g/mol. The van der Waals surface area contributed by atoms with Gasteiger partial charge in [0.2, 0.25) is 11.7 Å². The van der Waals surface area contributed by atoms with Crippen LogP contribution in [0.1, 0.15) is 24.8 Å². The Morgan fingerprint density at radius 2 is 2.04 bits per heavy atom. The largest absolute Gasteiger partial charge is 0.497 e. The van der Waals surface area contributed by atoms with E-state index in [0.717, 1.165) is 36.1 Å². The summed E-state index contributed by atoms with van der Waals surface area (Å²) in [6, 6.07) is 7.58. The Labute approximate surface area is 138 Å². The molecule has 3 heterocycles. The zero-order valence-electron chi connectivity index (χ0n) is 13.5. The van der Waals surface area contributed by atoms with E-state index in [1.54, 1.807) is 14.2 Å². The number of hydrogen-bond acceptors (Lipinski definition) is 7. The molecule has 0 aliphatic carbocycles. The van der Waals surface area contributed by atoms with E-state index >= 15 is 0 Å². The van der Waals surface area contributed by atoms with Crippen LogP contribution in [0.2, 0.25) is 0 Å². The molecule has 4 rings (SSSR count). The molecule has 0 bridgehead atoms. The predicted octanol–water partition coefficient (Wildman–Crippen LogP) is 3.15. The fraction of sp³-hybridized carbons (Fsp3) is 0.353. The highest BCUT2D eigenvalue weighted by atomic mass is 16.5. The van der Waals surface area contributed by atoms with Crippen molar-refractivity contribution in [1.82, 2.24) is 15.1 Å². The Morgan fingerprint density at radius 3 is 2.79 bits per heavy atom. The summed E-state index contributed by atoms with van der Waals surface area (Å²) in [6.45, 7) is 0.725. The lowest BCUT2D eigenvalue weighted by Gasteiger charge is -2.07. The molecule has 0 spiro atoms. The summed E-state index contributed by atoms with van der Waals surface area (Å²) in [5, 5.41) is 4.98. The van der Waals surface area contributed by atoms with E-state index in [2.05, 4.69) is 15.1 Å². The molecule has 1 aromatic carbocycles. The molecule has 1 saturated heterocycles. The second kappa shape index (κ2) is 6.09. The van der Waals surface area contributed by atoms with Crippen LogP contribution in [0.5, 0.6) is 11.6 Å². The summed E-state index contributed by atoms with van der Waals surface area (Å²) in [4.78, 5) is 8.99. The number of rotatable bonds is 4. The molecule has 24 heavy (non-hydrogen) atoms. The molecule has 1 unspecified atom stereocenters. The van der Waals surface area contributed by atoms with Crippen molar-refractivity contribution in [2.75, 3.05) is 20.8 Å². The first-order valence-corrected chi connectivity index (χ1v) is 7.77. The van der Waals surface area contributed by atoms with E-state index in [0.29, 0.717) is 23.2 Å². The van der Waals surface area contributed by atoms with E-state index in [-0.39, 0.29) is 6.10 Å². The molecule has 3 aromatic rings. The maximum absolute atomic E-state index is 5.59. The van der Waals surface area contributed by atoms with Gasteiger partial charge in [-0.05, 0) is 37.1 Å². The lowest BCUT2D eigenvalue weighted by Crippen LogP contribution is -1.97. The Bertz CT molecular complexity index is 871. The smallest absolute Gasteiger partial charge is 0.256 e. The third kappa shape index (κ3) is 2.56. The molecule has 124 valence electrons. The van der Waals surface area contributed by atoms with Crippen LogP contribution in [0.3, 0.4) is 0 Å². The molecular weight excluding hydrogens is 310 g/mol. The molecule has 1 aliphatic heterocycles.